The summed E-state index contributed by atoms with van der Waals surface area (Å²) in [6, 6.07) is 7.04. The molecular formula is C16H21BrN2O3. The summed E-state index contributed by atoms with van der Waals surface area (Å²) in [5.74, 6) is -0.439. The molecule has 0 heterocycles. The highest BCUT2D eigenvalue weighted by Gasteiger charge is 2.16. The number of likely N-dealkylation sites (N-methyl/N-ethyl adjacent to an activating group) is 2. The highest BCUT2D eigenvalue weighted by molar-refractivity contribution is 9.10. The minimum absolute atomic E-state index is 0.0373. The van der Waals surface area contributed by atoms with E-state index in [-0.39, 0.29) is 37.0 Å². The van der Waals surface area contributed by atoms with Crippen LogP contribution in [0.25, 0.3) is 0 Å². The standard InChI is InChI=1S/C16H21BrN2O3/c1-3-18-15(21)11-19(4-2)16(22)10-9-14(20)12-5-7-13(17)8-6-12/h5-8H,3-4,9-11H2,1-2H3,(H,18,21). The maximum absolute atomic E-state index is 12.1. The number of nitrogens with one attached hydrogen (secondary N) is 1. The molecule has 0 aliphatic heterocycles. The lowest BCUT2D eigenvalue weighted by Gasteiger charge is -2.20. The monoisotopic (exact) mass is 368 g/mol. The number of Topliss-reactive ketones (excluding diaryl/α,β-unsaturated/α-hetero) is 1. The van der Waals surface area contributed by atoms with E-state index in [0.717, 1.165) is 4.47 Å². The molecule has 22 heavy (non-hydrogen) atoms. The van der Waals surface area contributed by atoms with Gasteiger partial charge in [-0.3, -0.25) is 14.4 Å². The average Bonchev–Trinajstić information content (AvgIpc) is 2.50. The molecule has 0 aliphatic rings. The van der Waals surface area contributed by atoms with E-state index < -0.39 is 0 Å². The molecule has 6 heteroatoms. The summed E-state index contributed by atoms with van der Waals surface area (Å²) in [6.07, 6.45) is 0.258. The van der Waals surface area contributed by atoms with E-state index in [4.69, 9.17) is 0 Å². The third-order valence-electron chi connectivity index (χ3n) is 3.17. The molecular weight excluding hydrogens is 348 g/mol. The van der Waals surface area contributed by atoms with Crippen LogP contribution in [0.3, 0.4) is 0 Å². The van der Waals surface area contributed by atoms with Crippen LogP contribution in [-0.4, -0.2) is 42.1 Å². The Labute approximate surface area is 139 Å². The Hall–Kier alpha value is -1.69. The van der Waals surface area contributed by atoms with Crippen molar-refractivity contribution < 1.29 is 14.4 Å². The molecule has 0 atom stereocenters. The lowest BCUT2D eigenvalue weighted by atomic mass is 10.1. The van der Waals surface area contributed by atoms with Gasteiger partial charge in [0.05, 0.1) is 6.54 Å². The molecule has 1 aromatic rings. The number of rotatable bonds is 8. The van der Waals surface area contributed by atoms with Crippen LogP contribution in [0.4, 0.5) is 0 Å². The Morgan fingerprint density at radius 1 is 1.09 bits per heavy atom. The molecule has 0 spiro atoms. The zero-order valence-electron chi connectivity index (χ0n) is 12.9. The van der Waals surface area contributed by atoms with Crippen molar-refractivity contribution in [1.82, 2.24) is 10.2 Å². The number of benzene rings is 1. The summed E-state index contributed by atoms with van der Waals surface area (Å²) in [6.45, 7) is 4.66. The number of hydrogen-bond acceptors (Lipinski definition) is 3. The first-order chi connectivity index (χ1) is 10.5. The van der Waals surface area contributed by atoms with Crippen molar-refractivity contribution in [2.45, 2.75) is 26.7 Å². The van der Waals surface area contributed by atoms with E-state index in [0.29, 0.717) is 18.7 Å². The van der Waals surface area contributed by atoms with Crippen LogP contribution in [0.1, 0.15) is 37.0 Å². The fraction of sp³-hybridized carbons (Fsp3) is 0.438. The van der Waals surface area contributed by atoms with E-state index in [9.17, 15) is 14.4 Å². The Bertz CT molecular complexity index is 529. The normalized spacial score (nSPS) is 10.1. The van der Waals surface area contributed by atoms with Gasteiger partial charge >= 0.3 is 0 Å². The molecule has 0 aromatic heterocycles. The molecule has 1 rings (SSSR count). The van der Waals surface area contributed by atoms with Gasteiger partial charge in [0.2, 0.25) is 11.8 Å². The summed E-state index contributed by atoms with van der Waals surface area (Å²) >= 11 is 3.31. The first-order valence-electron chi connectivity index (χ1n) is 7.31. The third-order valence-corrected chi connectivity index (χ3v) is 3.70. The molecule has 0 unspecified atom stereocenters. The molecule has 0 fully saturated rings. The van der Waals surface area contributed by atoms with Gasteiger partial charge in [-0.05, 0) is 26.0 Å². The fourth-order valence-electron chi connectivity index (χ4n) is 1.96. The van der Waals surface area contributed by atoms with Gasteiger partial charge in [0.25, 0.3) is 0 Å². The second-order valence-electron chi connectivity index (χ2n) is 4.79. The lowest BCUT2D eigenvalue weighted by Crippen LogP contribution is -2.40. The second-order valence-corrected chi connectivity index (χ2v) is 5.71. The van der Waals surface area contributed by atoms with Crippen LogP contribution in [0.15, 0.2) is 28.7 Å². The summed E-state index contributed by atoms with van der Waals surface area (Å²) < 4.78 is 0.902. The quantitative estimate of drug-likeness (QED) is 0.716. The van der Waals surface area contributed by atoms with E-state index in [1.165, 1.54) is 4.90 Å². The van der Waals surface area contributed by atoms with Gasteiger partial charge in [0.15, 0.2) is 5.78 Å². The van der Waals surface area contributed by atoms with Crippen LogP contribution in [-0.2, 0) is 9.59 Å². The van der Waals surface area contributed by atoms with Crippen molar-refractivity contribution in [3.8, 4) is 0 Å². The topological polar surface area (TPSA) is 66.5 Å². The number of hydrogen-bond donors (Lipinski definition) is 1. The molecule has 2 amide bonds. The molecule has 120 valence electrons. The van der Waals surface area contributed by atoms with Gasteiger partial charge < -0.3 is 10.2 Å². The lowest BCUT2D eigenvalue weighted by molar-refractivity contribution is -0.135. The maximum Gasteiger partial charge on any atom is 0.239 e. The van der Waals surface area contributed by atoms with Gasteiger partial charge in [-0.15, -0.1) is 0 Å². The van der Waals surface area contributed by atoms with Gasteiger partial charge in [0, 0.05) is 36.0 Å². The first-order valence-corrected chi connectivity index (χ1v) is 8.10. The number of halogens is 1. The van der Waals surface area contributed by atoms with Crippen molar-refractivity contribution in [3.63, 3.8) is 0 Å². The summed E-state index contributed by atoms with van der Waals surface area (Å²) in [5, 5.41) is 2.66. The van der Waals surface area contributed by atoms with Crippen molar-refractivity contribution in [2.75, 3.05) is 19.6 Å². The Morgan fingerprint density at radius 2 is 1.73 bits per heavy atom. The van der Waals surface area contributed by atoms with Gasteiger partial charge in [-0.25, -0.2) is 0 Å². The largest absolute Gasteiger partial charge is 0.355 e. The van der Waals surface area contributed by atoms with Gasteiger partial charge in [0.1, 0.15) is 0 Å². The number of ketones is 1. The SMILES string of the molecule is CCNC(=O)CN(CC)C(=O)CCC(=O)c1ccc(Br)cc1. The molecule has 0 aliphatic carbocycles. The van der Waals surface area contributed by atoms with Crippen LogP contribution < -0.4 is 5.32 Å². The predicted molar refractivity (Wildman–Crippen MR) is 88.6 cm³/mol. The van der Waals surface area contributed by atoms with Crippen LogP contribution in [0, 0.1) is 0 Å². The predicted octanol–water partition coefficient (Wildman–Crippen LogP) is 2.40. The van der Waals surface area contributed by atoms with Gasteiger partial charge in [-0.1, -0.05) is 28.1 Å². The first kappa shape index (κ1) is 18.4. The molecule has 1 aromatic carbocycles. The van der Waals surface area contributed by atoms with E-state index in [1.54, 1.807) is 24.3 Å². The molecule has 5 nitrogen and oxygen atoms in total. The number of nitrogens with zero attached hydrogens (tertiary/aromatic N) is 1. The van der Waals surface area contributed by atoms with Crippen LogP contribution in [0.2, 0.25) is 0 Å². The minimum atomic E-state index is -0.183. The van der Waals surface area contributed by atoms with Crippen LogP contribution >= 0.6 is 15.9 Å². The molecule has 0 bridgehead atoms. The number of carbonyl (C=O) groups excluding carboxylic acids is 3. The van der Waals surface area contributed by atoms with Crippen molar-refractivity contribution in [3.05, 3.63) is 34.3 Å². The number of carbonyl (C=O) groups is 3. The Kier molecular flexibility index (Phi) is 7.80. The second kappa shape index (κ2) is 9.35. The highest BCUT2D eigenvalue weighted by atomic mass is 79.9. The third kappa shape index (κ3) is 5.97. The highest BCUT2D eigenvalue weighted by Crippen LogP contribution is 2.13. The van der Waals surface area contributed by atoms with Crippen molar-refractivity contribution in [2.24, 2.45) is 0 Å². The van der Waals surface area contributed by atoms with Crippen molar-refractivity contribution >= 4 is 33.5 Å². The van der Waals surface area contributed by atoms with E-state index in [2.05, 4.69) is 21.2 Å². The van der Waals surface area contributed by atoms with E-state index >= 15 is 0 Å². The summed E-state index contributed by atoms with van der Waals surface area (Å²) in [5.41, 5.74) is 0.586. The number of amides is 2. The zero-order valence-corrected chi connectivity index (χ0v) is 14.5. The summed E-state index contributed by atoms with van der Waals surface area (Å²) in [7, 11) is 0. The Morgan fingerprint density at radius 3 is 2.27 bits per heavy atom. The average molecular weight is 369 g/mol. The Balaban J connectivity index is 2.50. The molecule has 0 radical (unpaired) electrons. The van der Waals surface area contributed by atoms with Crippen LogP contribution in [0.5, 0.6) is 0 Å². The van der Waals surface area contributed by atoms with Gasteiger partial charge in [-0.2, -0.15) is 0 Å². The fourth-order valence-corrected chi connectivity index (χ4v) is 2.23. The smallest absolute Gasteiger partial charge is 0.239 e. The summed E-state index contributed by atoms with van der Waals surface area (Å²) in [4.78, 5) is 37.1. The zero-order chi connectivity index (χ0) is 16.5. The molecule has 0 saturated carbocycles. The minimum Gasteiger partial charge on any atom is -0.355 e. The van der Waals surface area contributed by atoms with Crippen molar-refractivity contribution in [1.29, 1.82) is 0 Å². The molecule has 0 saturated heterocycles. The molecule has 1 N–H and O–H groups in total. The van der Waals surface area contributed by atoms with E-state index in [1.807, 2.05) is 13.8 Å². The maximum atomic E-state index is 12.1.